The Labute approximate surface area is 145 Å². The number of rotatable bonds is 5. The Morgan fingerprint density at radius 1 is 1.26 bits per heavy atom. The second-order valence-electron chi connectivity index (χ2n) is 9.08. The predicted octanol–water partition coefficient (Wildman–Crippen LogP) is 6.13. The van der Waals surface area contributed by atoms with Gasteiger partial charge in [0.05, 0.1) is 0 Å². The number of hydrogen-bond acceptors (Lipinski definition) is 2. The van der Waals surface area contributed by atoms with Gasteiger partial charge in [0.25, 0.3) is 0 Å². The first-order valence-corrected chi connectivity index (χ1v) is 10.0. The molecule has 2 heteroatoms. The van der Waals surface area contributed by atoms with Crippen LogP contribution in [0.25, 0.3) is 0 Å². The minimum absolute atomic E-state index is 0.0851. The first kappa shape index (κ1) is 17.1. The molecule has 1 heterocycles. The summed E-state index contributed by atoms with van der Waals surface area (Å²) in [6, 6.07) is 4.39. The summed E-state index contributed by atoms with van der Waals surface area (Å²) in [6.45, 7) is 11.4. The second kappa shape index (κ2) is 5.95. The molecule has 1 saturated carbocycles. The SMILES string of the molecule is CC(C)(C)c1cc(C(=O)CCCC2CC2)cc2c1SCC2(C)C. The lowest BCUT2D eigenvalue weighted by molar-refractivity contribution is 0.0978. The van der Waals surface area contributed by atoms with E-state index in [1.807, 2.05) is 11.8 Å². The lowest BCUT2D eigenvalue weighted by atomic mass is 9.79. The molecule has 0 amide bonds. The van der Waals surface area contributed by atoms with Crippen molar-refractivity contribution >= 4 is 17.5 Å². The van der Waals surface area contributed by atoms with Gasteiger partial charge < -0.3 is 0 Å². The van der Waals surface area contributed by atoms with Crippen molar-refractivity contribution in [2.45, 2.75) is 82.4 Å². The van der Waals surface area contributed by atoms with Gasteiger partial charge in [-0.15, -0.1) is 11.8 Å². The molecule has 3 rings (SSSR count). The van der Waals surface area contributed by atoms with Crippen LogP contribution < -0.4 is 0 Å². The summed E-state index contributed by atoms with van der Waals surface area (Å²) in [6.07, 6.45) is 5.78. The maximum atomic E-state index is 12.7. The molecule has 1 aromatic carbocycles. The van der Waals surface area contributed by atoms with Gasteiger partial charge in [-0.2, -0.15) is 0 Å². The average Bonchev–Trinajstić information content (AvgIpc) is 3.22. The first-order valence-electron chi connectivity index (χ1n) is 9.03. The number of carbonyl (C=O) groups is 1. The van der Waals surface area contributed by atoms with Gasteiger partial charge in [-0.1, -0.05) is 53.9 Å². The zero-order valence-electron chi connectivity index (χ0n) is 15.3. The number of carbonyl (C=O) groups excluding carboxylic acids is 1. The number of ketones is 1. The minimum Gasteiger partial charge on any atom is -0.294 e. The van der Waals surface area contributed by atoms with E-state index in [0.717, 1.165) is 23.7 Å². The Kier molecular flexibility index (Phi) is 4.42. The van der Waals surface area contributed by atoms with Crippen molar-refractivity contribution in [2.24, 2.45) is 5.92 Å². The molecular weight excluding hydrogens is 300 g/mol. The van der Waals surface area contributed by atoms with Crippen LogP contribution in [0.3, 0.4) is 0 Å². The topological polar surface area (TPSA) is 17.1 Å². The molecule has 0 saturated heterocycles. The quantitative estimate of drug-likeness (QED) is 0.604. The molecule has 0 bridgehead atoms. The molecular formula is C21H30OS. The van der Waals surface area contributed by atoms with E-state index in [-0.39, 0.29) is 10.8 Å². The van der Waals surface area contributed by atoms with Gasteiger partial charge >= 0.3 is 0 Å². The summed E-state index contributed by atoms with van der Waals surface area (Å²) >= 11 is 1.97. The van der Waals surface area contributed by atoms with E-state index in [1.165, 1.54) is 35.3 Å². The maximum absolute atomic E-state index is 12.7. The van der Waals surface area contributed by atoms with Gasteiger partial charge in [-0.25, -0.2) is 0 Å². The van der Waals surface area contributed by atoms with Gasteiger partial charge in [-0.3, -0.25) is 4.79 Å². The highest BCUT2D eigenvalue weighted by molar-refractivity contribution is 7.99. The van der Waals surface area contributed by atoms with Crippen LogP contribution in [-0.2, 0) is 10.8 Å². The predicted molar refractivity (Wildman–Crippen MR) is 99.8 cm³/mol. The van der Waals surface area contributed by atoms with Crippen LogP contribution in [0.5, 0.6) is 0 Å². The smallest absolute Gasteiger partial charge is 0.162 e. The number of thioether (sulfide) groups is 1. The third-order valence-electron chi connectivity index (χ3n) is 5.24. The fraction of sp³-hybridized carbons (Fsp3) is 0.667. The summed E-state index contributed by atoms with van der Waals surface area (Å²) < 4.78 is 0. The molecule has 0 spiro atoms. The molecule has 126 valence electrons. The van der Waals surface area contributed by atoms with Gasteiger partial charge in [0, 0.05) is 28.0 Å². The van der Waals surface area contributed by atoms with Crippen LogP contribution in [0, 0.1) is 5.92 Å². The number of Topliss-reactive ketones (excluding diaryl/α,β-unsaturated/α-hetero) is 1. The van der Waals surface area contributed by atoms with E-state index in [2.05, 4.69) is 46.8 Å². The molecule has 0 unspecified atom stereocenters. The first-order chi connectivity index (χ1) is 10.7. The Bertz CT molecular complexity index is 617. The normalized spacial score (nSPS) is 19.7. The van der Waals surface area contributed by atoms with E-state index in [0.29, 0.717) is 12.2 Å². The second-order valence-corrected chi connectivity index (χ2v) is 10.1. The van der Waals surface area contributed by atoms with Crippen molar-refractivity contribution in [3.63, 3.8) is 0 Å². The van der Waals surface area contributed by atoms with E-state index in [9.17, 15) is 4.79 Å². The molecule has 1 nitrogen and oxygen atoms in total. The highest BCUT2D eigenvalue weighted by Crippen LogP contribution is 2.48. The average molecular weight is 331 g/mol. The Morgan fingerprint density at radius 3 is 2.57 bits per heavy atom. The molecule has 1 aromatic rings. The van der Waals surface area contributed by atoms with Gasteiger partial charge in [0.1, 0.15) is 0 Å². The number of fused-ring (bicyclic) bond motifs is 1. The zero-order chi connectivity index (χ0) is 16.8. The molecule has 23 heavy (non-hydrogen) atoms. The van der Waals surface area contributed by atoms with Crippen LogP contribution >= 0.6 is 11.8 Å². The van der Waals surface area contributed by atoms with Crippen LogP contribution in [0.4, 0.5) is 0 Å². The molecule has 0 aromatic heterocycles. The standard InChI is InChI=1S/C21H30OS/c1-20(2,3)16-11-15(18(22)8-6-7-14-9-10-14)12-17-19(16)23-13-21(17,4)5/h11-12,14H,6-10,13H2,1-5H3. The van der Waals surface area contributed by atoms with Crippen molar-refractivity contribution < 1.29 is 4.79 Å². The zero-order valence-corrected chi connectivity index (χ0v) is 16.1. The molecule has 0 N–H and O–H groups in total. The van der Waals surface area contributed by atoms with Crippen molar-refractivity contribution in [3.8, 4) is 0 Å². The van der Waals surface area contributed by atoms with E-state index in [4.69, 9.17) is 0 Å². The monoisotopic (exact) mass is 330 g/mol. The van der Waals surface area contributed by atoms with Crippen LogP contribution in [-0.4, -0.2) is 11.5 Å². The van der Waals surface area contributed by atoms with Gasteiger partial charge in [-0.05, 0) is 41.0 Å². The van der Waals surface area contributed by atoms with Gasteiger partial charge in [0.15, 0.2) is 5.78 Å². The van der Waals surface area contributed by atoms with Gasteiger partial charge in [0.2, 0.25) is 0 Å². The molecule has 1 aliphatic carbocycles. The minimum atomic E-state index is 0.0851. The molecule has 2 aliphatic rings. The molecule has 1 fully saturated rings. The largest absolute Gasteiger partial charge is 0.294 e. The van der Waals surface area contributed by atoms with Crippen LogP contribution in [0.2, 0.25) is 0 Å². The van der Waals surface area contributed by atoms with Crippen LogP contribution in [0.15, 0.2) is 17.0 Å². The lowest BCUT2D eigenvalue weighted by Crippen LogP contribution is -2.19. The lowest BCUT2D eigenvalue weighted by Gasteiger charge is -2.25. The molecule has 0 atom stereocenters. The number of benzene rings is 1. The summed E-state index contributed by atoms with van der Waals surface area (Å²) in [4.78, 5) is 14.2. The van der Waals surface area contributed by atoms with Crippen molar-refractivity contribution in [1.82, 2.24) is 0 Å². The van der Waals surface area contributed by atoms with Crippen molar-refractivity contribution in [1.29, 1.82) is 0 Å². The fourth-order valence-electron chi connectivity index (χ4n) is 3.44. The Hall–Kier alpha value is -0.760. The Morgan fingerprint density at radius 2 is 1.96 bits per heavy atom. The summed E-state index contributed by atoms with van der Waals surface area (Å²) in [7, 11) is 0. The number of hydrogen-bond donors (Lipinski definition) is 0. The maximum Gasteiger partial charge on any atom is 0.162 e. The molecule has 0 radical (unpaired) electrons. The van der Waals surface area contributed by atoms with E-state index >= 15 is 0 Å². The van der Waals surface area contributed by atoms with E-state index in [1.54, 1.807) is 0 Å². The fourth-order valence-corrected chi connectivity index (χ4v) is 5.11. The van der Waals surface area contributed by atoms with Crippen LogP contribution in [0.1, 0.15) is 88.2 Å². The van der Waals surface area contributed by atoms with E-state index < -0.39 is 0 Å². The van der Waals surface area contributed by atoms with Crippen molar-refractivity contribution in [2.75, 3.05) is 5.75 Å². The summed E-state index contributed by atoms with van der Waals surface area (Å²) in [5.74, 6) is 2.38. The third-order valence-corrected chi connectivity index (χ3v) is 6.83. The third kappa shape index (κ3) is 3.68. The summed E-state index contributed by atoms with van der Waals surface area (Å²) in [5, 5.41) is 0. The molecule has 1 aliphatic heterocycles. The van der Waals surface area contributed by atoms with Crippen molar-refractivity contribution in [3.05, 3.63) is 28.8 Å². The Balaban J connectivity index is 1.89. The summed E-state index contributed by atoms with van der Waals surface area (Å²) in [5.41, 5.74) is 3.95. The highest BCUT2D eigenvalue weighted by atomic mass is 32.2. The highest BCUT2D eigenvalue weighted by Gasteiger charge is 2.35.